The molecule has 0 bridgehead atoms. The van der Waals surface area contributed by atoms with E-state index in [2.05, 4.69) is 21.2 Å². The van der Waals surface area contributed by atoms with Gasteiger partial charge in [0.05, 0.1) is 28.5 Å². The van der Waals surface area contributed by atoms with E-state index in [9.17, 15) is 0 Å². The third-order valence-electron chi connectivity index (χ3n) is 2.06. The zero-order valence-corrected chi connectivity index (χ0v) is 8.89. The second kappa shape index (κ2) is 3.37. The molecule has 1 aliphatic carbocycles. The highest BCUT2D eigenvalue weighted by atomic mass is 127. The molecule has 11 heavy (non-hydrogen) atoms. The lowest BCUT2D eigenvalue weighted by Gasteiger charge is -2.41. The lowest BCUT2D eigenvalue weighted by atomic mass is 9.88. The normalized spacial score (nSPS) is 29.2. The third-order valence-corrected chi connectivity index (χ3v) is 3.03. The van der Waals surface area contributed by atoms with E-state index in [1.54, 1.807) is 0 Å². The topological polar surface area (TPSA) is 27.7 Å². The largest absolute Gasteiger partial charge is 0.347 e. The molecular weight excluding hydrogens is 279 g/mol. The van der Waals surface area contributed by atoms with Crippen molar-refractivity contribution in [2.24, 2.45) is 0 Å². The zero-order valence-electron chi connectivity index (χ0n) is 5.92. The van der Waals surface area contributed by atoms with E-state index in [1.165, 1.54) is 9.21 Å². The minimum atomic E-state index is -0.253. The molecule has 0 aromatic heterocycles. The second-order valence-electron chi connectivity index (χ2n) is 2.80. The molecule has 0 aromatic rings. The van der Waals surface area contributed by atoms with Crippen LogP contribution in [-0.4, -0.2) is 25.1 Å². The molecule has 0 unspecified atom stereocenters. The minimum absolute atomic E-state index is 0.253. The van der Waals surface area contributed by atoms with Crippen molar-refractivity contribution in [3.63, 3.8) is 0 Å². The van der Waals surface area contributed by atoms with Crippen molar-refractivity contribution in [1.82, 2.24) is 0 Å². The first-order valence-corrected chi connectivity index (χ1v) is 6.85. The van der Waals surface area contributed by atoms with E-state index in [0.717, 1.165) is 26.1 Å². The Bertz CT molecular complexity index is 141. The average Bonchev–Trinajstić information content (AvgIpc) is 2.35. The van der Waals surface area contributed by atoms with Crippen LogP contribution in [0.15, 0.2) is 0 Å². The summed E-state index contributed by atoms with van der Waals surface area (Å²) in [5, 5.41) is 0. The van der Waals surface area contributed by atoms with Crippen molar-refractivity contribution in [2.75, 3.05) is 13.2 Å². The molecule has 3 nitrogen and oxygen atoms in total. The van der Waals surface area contributed by atoms with E-state index in [0.29, 0.717) is 6.10 Å². The van der Waals surface area contributed by atoms with Crippen molar-refractivity contribution >= 4 is 30.4 Å². The predicted octanol–water partition coefficient (Wildman–Crippen LogP) is 1.91. The summed E-state index contributed by atoms with van der Waals surface area (Å²) in [5.41, 5.74) is 0. The Morgan fingerprint density at radius 3 is 2.55 bits per heavy atom. The van der Waals surface area contributed by atoms with Gasteiger partial charge in [-0.3, -0.25) is 0 Å². The molecule has 0 radical (unpaired) electrons. The fraction of sp³-hybridized carbons (Fsp3) is 1.00. The first kappa shape index (κ1) is 8.55. The van der Waals surface area contributed by atoms with Crippen molar-refractivity contribution in [3.8, 4) is 0 Å². The summed E-state index contributed by atoms with van der Waals surface area (Å²) in [6, 6.07) is 0. The molecular formula is C6H9IO3S. The fourth-order valence-corrected chi connectivity index (χ4v) is 2.61. The number of hydrogen-bond donors (Lipinski definition) is 0. The molecule has 2 fully saturated rings. The molecule has 1 heterocycles. The summed E-state index contributed by atoms with van der Waals surface area (Å²) in [7, 11) is 1.39. The molecule has 1 spiro atoms. The van der Waals surface area contributed by atoms with E-state index in [4.69, 9.17) is 13.7 Å². The van der Waals surface area contributed by atoms with Gasteiger partial charge in [0.2, 0.25) is 0 Å². The quantitative estimate of drug-likeness (QED) is 0.573. The maximum Gasteiger partial charge on any atom is 0.173 e. The lowest BCUT2D eigenvalue weighted by Crippen LogP contribution is -2.48. The number of hydrogen-bond acceptors (Lipinski definition) is 4. The highest BCUT2D eigenvalue weighted by Gasteiger charge is 2.50. The molecule has 1 saturated carbocycles. The van der Waals surface area contributed by atoms with Gasteiger partial charge in [0.15, 0.2) is 5.79 Å². The van der Waals surface area contributed by atoms with Crippen LogP contribution >= 0.6 is 30.4 Å². The Morgan fingerprint density at radius 1 is 1.36 bits per heavy atom. The molecule has 5 heteroatoms. The van der Waals surface area contributed by atoms with Crippen molar-refractivity contribution in [1.29, 1.82) is 0 Å². The van der Waals surface area contributed by atoms with Gasteiger partial charge in [-0.1, -0.05) is 0 Å². The highest BCUT2D eigenvalue weighted by molar-refractivity contribution is 14.2. The van der Waals surface area contributed by atoms with Gasteiger partial charge >= 0.3 is 0 Å². The SMILES string of the molecule is ISOC1CC2(C1)OCCO2. The minimum Gasteiger partial charge on any atom is -0.347 e. The van der Waals surface area contributed by atoms with Crippen LogP contribution in [0.4, 0.5) is 0 Å². The Kier molecular flexibility index (Phi) is 2.62. The first-order chi connectivity index (χ1) is 5.35. The van der Waals surface area contributed by atoms with Crippen LogP contribution in [0.1, 0.15) is 12.8 Å². The predicted molar refractivity (Wildman–Crippen MR) is 50.4 cm³/mol. The molecule has 2 aliphatic rings. The molecule has 1 saturated heterocycles. The Balaban J connectivity index is 1.77. The smallest absolute Gasteiger partial charge is 0.173 e. The van der Waals surface area contributed by atoms with Gasteiger partial charge in [0, 0.05) is 34.0 Å². The molecule has 0 aromatic carbocycles. The van der Waals surface area contributed by atoms with Gasteiger partial charge in [-0.25, -0.2) is 0 Å². The summed E-state index contributed by atoms with van der Waals surface area (Å²) >= 11 is 2.12. The van der Waals surface area contributed by atoms with Crippen LogP contribution in [0.5, 0.6) is 0 Å². The monoisotopic (exact) mass is 288 g/mol. The van der Waals surface area contributed by atoms with Crippen molar-refractivity contribution in [2.45, 2.75) is 24.7 Å². The average molecular weight is 288 g/mol. The second-order valence-corrected chi connectivity index (χ2v) is 4.19. The molecule has 0 N–H and O–H groups in total. The lowest BCUT2D eigenvalue weighted by molar-refractivity contribution is -0.238. The summed E-state index contributed by atoms with van der Waals surface area (Å²) in [5.74, 6) is -0.253. The van der Waals surface area contributed by atoms with E-state index in [1.807, 2.05) is 0 Å². The van der Waals surface area contributed by atoms with Crippen LogP contribution in [0, 0.1) is 0 Å². The van der Waals surface area contributed by atoms with Crippen LogP contribution in [0.3, 0.4) is 0 Å². The van der Waals surface area contributed by atoms with Gasteiger partial charge in [-0.2, -0.15) is 0 Å². The Hall–Kier alpha value is 0.960. The standard InChI is InChI=1S/C6H9IO3S/c7-11-10-5-3-6(4-5)8-1-2-9-6/h5H,1-4H2. The van der Waals surface area contributed by atoms with Crippen LogP contribution < -0.4 is 0 Å². The van der Waals surface area contributed by atoms with Gasteiger partial charge in [-0.15, -0.1) is 0 Å². The third kappa shape index (κ3) is 1.67. The maximum atomic E-state index is 5.44. The zero-order chi connectivity index (χ0) is 7.73. The van der Waals surface area contributed by atoms with Gasteiger partial charge in [0.1, 0.15) is 0 Å². The van der Waals surface area contributed by atoms with Crippen LogP contribution in [-0.2, 0) is 13.7 Å². The molecule has 0 atom stereocenters. The molecule has 0 amide bonds. The van der Waals surface area contributed by atoms with Gasteiger partial charge in [0.25, 0.3) is 0 Å². The van der Waals surface area contributed by atoms with Gasteiger partial charge in [-0.05, 0) is 0 Å². The van der Waals surface area contributed by atoms with E-state index < -0.39 is 0 Å². The van der Waals surface area contributed by atoms with E-state index >= 15 is 0 Å². The fourth-order valence-electron chi connectivity index (χ4n) is 1.49. The summed E-state index contributed by atoms with van der Waals surface area (Å²) in [6.07, 6.45) is 2.11. The van der Waals surface area contributed by atoms with Crippen molar-refractivity contribution in [3.05, 3.63) is 0 Å². The number of ether oxygens (including phenoxy) is 2. The Morgan fingerprint density at radius 2 is 2.00 bits per heavy atom. The molecule has 64 valence electrons. The summed E-state index contributed by atoms with van der Waals surface area (Å²) in [4.78, 5) is 0. The Labute approximate surface area is 81.9 Å². The summed E-state index contributed by atoms with van der Waals surface area (Å²) < 4.78 is 16.2. The molecule has 2 rings (SSSR count). The first-order valence-electron chi connectivity index (χ1n) is 3.57. The molecule has 1 aliphatic heterocycles. The summed E-state index contributed by atoms with van der Waals surface area (Å²) in [6.45, 7) is 1.48. The van der Waals surface area contributed by atoms with Crippen LogP contribution in [0.2, 0.25) is 0 Å². The number of rotatable bonds is 2. The number of halogens is 1. The maximum absolute atomic E-state index is 5.44. The van der Waals surface area contributed by atoms with Gasteiger partial charge < -0.3 is 13.7 Å². The van der Waals surface area contributed by atoms with E-state index in [-0.39, 0.29) is 5.79 Å². The van der Waals surface area contributed by atoms with Crippen molar-refractivity contribution < 1.29 is 13.7 Å². The highest BCUT2D eigenvalue weighted by Crippen LogP contribution is 2.43. The van der Waals surface area contributed by atoms with Crippen LogP contribution in [0.25, 0.3) is 0 Å².